The zero-order valence-corrected chi connectivity index (χ0v) is 21.1. The van der Waals surface area contributed by atoms with Crippen molar-refractivity contribution >= 4 is 33.0 Å². The second-order valence-electron chi connectivity index (χ2n) is 9.72. The molecule has 0 radical (unpaired) electrons. The number of nitrogens with two attached hydrogens (primary N) is 1. The summed E-state index contributed by atoms with van der Waals surface area (Å²) in [5.74, 6) is -0.139. The van der Waals surface area contributed by atoms with Crippen molar-refractivity contribution in [1.29, 1.82) is 0 Å². The highest BCUT2D eigenvalue weighted by molar-refractivity contribution is 7.21. The van der Waals surface area contributed by atoms with Gasteiger partial charge in [0.15, 0.2) is 5.95 Å². The normalized spacial score (nSPS) is 15.8. The standard InChI is InChI=1S/C26H28N4O4S/c1-5-26(2,3)15-6-11-19-14(12-15)13-18-20(27)23(35-24(18)28-19)22(31)21-25(32)34-29-30(21)16-7-9-17(33-4)10-8-16/h7-10,13,15H,5-6,11-12H2,1-4H3,(H2-,27,29,31,32). The molecule has 0 saturated heterocycles. The number of rotatable bonds is 6. The number of methoxy groups -OCH3 is 1. The number of pyridine rings is 1. The number of ether oxygens (including phenoxy) is 1. The number of carbonyl (C=O) groups excluding carboxylic acids is 1. The molecule has 9 heteroatoms. The Labute approximate surface area is 207 Å². The molecular formula is C26H28N4O4S. The molecule has 5 rings (SSSR count). The van der Waals surface area contributed by atoms with Crippen molar-refractivity contribution in [1.82, 2.24) is 10.3 Å². The minimum absolute atomic E-state index is 0.206. The molecule has 0 fully saturated rings. The van der Waals surface area contributed by atoms with E-state index in [1.165, 1.54) is 21.6 Å². The van der Waals surface area contributed by atoms with Crippen LogP contribution in [-0.4, -0.2) is 23.1 Å². The van der Waals surface area contributed by atoms with Gasteiger partial charge in [-0.3, -0.25) is 4.79 Å². The first-order valence-corrected chi connectivity index (χ1v) is 12.5. The molecule has 1 aromatic carbocycles. The van der Waals surface area contributed by atoms with Gasteiger partial charge in [0.1, 0.15) is 15.5 Å². The second kappa shape index (κ2) is 8.64. The number of anilines is 1. The summed E-state index contributed by atoms with van der Waals surface area (Å²) in [5, 5.41) is 17.0. The van der Waals surface area contributed by atoms with Crippen molar-refractivity contribution in [3.05, 3.63) is 52.2 Å². The van der Waals surface area contributed by atoms with E-state index in [9.17, 15) is 9.90 Å². The first-order chi connectivity index (χ1) is 16.7. The lowest BCUT2D eigenvalue weighted by molar-refractivity contribution is -0.672. The number of carbonyl (C=O) groups is 1. The van der Waals surface area contributed by atoms with E-state index in [1.807, 2.05) is 0 Å². The molecule has 0 bridgehead atoms. The molecule has 1 aliphatic carbocycles. The van der Waals surface area contributed by atoms with Crippen molar-refractivity contribution in [3.8, 4) is 17.4 Å². The van der Waals surface area contributed by atoms with E-state index in [-0.39, 0.29) is 16.0 Å². The van der Waals surface area contributed by atoms with Crippen LogP contribution in [0.5, 0.6) is 11.7 Å². The molecule has 8 nitrogen and oxygen atoms in total. The molecule has 1 aliphatic rings. The van der Waals surface area contributed by atoms with Gasteiger partial charge in [-0.1, -0.05) is 27.2 Å². The first kappa shape index (κ1) is 23.3. The van der Waals surface area contributed by atoms with Crippen LogP contribution >= 0.6 is 11.3 Å². The number of aryl methyl sites for hydroxylation is 1. The lowest BCUT2D eigenvalue weighted by atomic mass is 9.69. The van der Waals surface area contributed by atoms with Crippen LogP contribution in [0.4, 0.5) is 5.69 Å². The third-order valence-corrected chi connectivity index (χ3v) is 8.56. The van der Waals surface area contributed by atoms with Gasteiger partial charge in [-0.25, -0.2) is 4.98 Å². The fraction of sp³-hybridized carbons (Fsp3) is 0.385. The molecule has 35 heavy (non-hydrogen) atoms. The number of fused-ring (bicyclic) bond motifs is 2. The Kier molecular flexibility index (Phi) is 5.75. The molecule has 0 saturated carbocycles. The quantitative estimate of drug-likeness (QED) is 0.319. The summed E-state index contributed by atoms with van der Waals surface area (Å²) in [6.07, 6.45) is 4.08. The van der Waals surface area contributed by atoms with Gasteiger partial charge in [-0.2, -0.15) is 0 Å². The molecule has 0 aliphatic heterocycles. The van der Waals surface area contributed by atoms with Crippen LogP contribution in [-0.2, 0) is 12.8 Å². The molecule has 182 valence electrons. The van der Waals surface area contributed by atoms with E-state index in [2.05, 4.69) is 32.1 Å². The fourth-order valence-corrected chi connectivity index (χ4v) is 5.80. The highest BCUT2D eigenvalue weighted by atomic mass is 32.1. The Hall–Kier alpha value is -3.46. The molecular weight excluding hydrogens is 464 g/mol. The van der Waals surface area contributed by atoms with Crippen molar-refractivity contribution in [2.45, 2.75) is 46.5 Å². The van der Waals surface area contributed by atoms with E-state index < -0.39 is 11.7 Å². The Bertz CT molecular complexity index is 1420. The summed E-state index contributed by atoms with van der Waals surface area (Å²) in [6, 6.07) is 8.89. The number of thiophene rings is 1. The first-order valence-electron chi connectivity index (χ1n) is 11.7. The minimum Gasteiger partial charge on any atom is -0.539 e. The lowest BCUT2D eigenvalue weighted by Crippen LogP contribution is -2.39. The molecule has 3 heterocycles. The van der Waals surface area contributed by atoms with Gasteiger partial charge >= 0.3 is 5.69 Å². The number of nitrogens with zero attached hydrogens (tertiary/aromatic N) is 3. The van der Waals surface area contributed by atoms with Gasteiger partial charge in [0.2, 0.25) is 5.69 Å². The van der Waals surface area contributed by atoms with Gasteiger partial charge in [0.25, 0.3) is 5.78 Å². The van der Waals surface area contributed by atoms with E-state index in [0.29, 0.717) is 27.9 Å². The molecule has 0 spiro atoms. The number of aromatic nitrogens is 3. The van der Waals surface area contributed by atoms with Crippen molar-refractivity contribution in [2.24, 2.45) is 11.3 Å². The zero-order chi connectivity index (χ0) is 24.9. The monoisotopic (exact) mass is 492 g/mol. The van der Waals surface area contributed by atoms with Crippen LogP contribution in [0.3, 0.4) is 0 Å². The molecule has 0 amide bonds. The average Bonchev–Trinajstić information content (AvgIpc) is 3.41. The highest BCUT2D eigenvalue weighted by Crippen LogP contribution is 2.42. The third kappa shape index (κ3) is 3.93. The fourth-order valence-electron chi connectivity index (χ4n) is 4.76. The number of nitrogen functional groups attached to an aromatic ring is 1. The molecule has 2 N–H and O–H groups in total. The summed E-state index contributed by atoms with van der Waals surface area (Å²) in [7, 11) is 1.56. The van der Waals surface area contributed by atoms with Crippen LogP contribution in [0.2, 0.25) is 0 Å². The largest absolute Gasteiger partial charge is 0.539 e. The van der Waals surface area contributed by atoms with Crippen molar-refractivity contribution in [3.63, 3.8) is 0 Å². The highest BCUT2D eigenvalue weighted by Gasteiger charge is 2.34. The van der Waals surface area contributed by atoms with E-state index >= 15 is 0 Å². The predicted molar refractivity (Wildman–Crippen MR) is 131 cm³/mol. The Morgan fingerprint density at radius 2 is 2.09 bits per heavy atom. The SMILES string of the molecule is CCC(C)(C)C1CCc2nc3sc(C(=O)c4c([O-])on[n+]4-c4ccc(OC)cc4)c(N)c3cc2C1. The summed E-state index contributed by atoms with van der Waals surface area (Å²) >= 11 is 1.21. The lowest BCUT2D eigenvalue weighted by Gasteiger charge is -2.36. The summed E-state index contributed by atoms with van der Waals surface area (Å²) < 4.78 is 11.2. The Balaban J connectivity index is 1.54. The average molecular weight is 493 g/mol. The minimum atomic E-state index is -0.820. The van der Waals surface area contributed by atoms with Crippen LogP contribution in [0, 0.1) is 11.3 Å². The van der Waals surface area contributed by atoms with Gasteiger partial charge in [-0.05, 0) is 59.0 Å². The van der Waals surface area contributed by atoms with E-state index in [0.717, 1.165) is 36.8 Å². The summed E-state index contributed by atoms with van der Waals surface area (Å²) in [6.45, 7) is 6.88. The van der Waals surface area contributed by atoms with Crippen LogP contribution < -0.4 is 20.3 Å². The van der Waals surface area contributed by atoms with Crippen LogP contribution in [0.1, 0.15) is 60.2 Å². The molecule has 1 atom stereocenters. The van der Waals surface area contributed by atoms with Crippen molar-refractivity contribution < 1.29 is 23.8 Å². The van der Waals surface area contributed by atoms with Gasteiger partial charge in [0.05, 0.1) is 18.1 Å². The number of hydrogen-bond donors (Lipinski definition) is 1. The number of benzene rings is 1. The maximum atomic E-state index is 13.5. The smallest absolute Gasteiger partial charge is 0.312 e. The third-order valence-electron chi connectivity index (χ3n) is 7.45. The van der Waals surface area contributed by atoms with Gasteiger partial charge in [-0.15, -0.1) is 11.3 Å². The summed E-state index contributed by atoms with van der Waals surface area (Å²) in [4.78, 5) is 19.4. The predicted octanol–water partition coefficient (Wildman–Crippen LogP) is 4.00. The second-order valence-corrected chi connectivity index (χ2v) is 10.7. The maximum absolute atomic E-state index is 13.5. The van der Waals surface area contributed by atoms with E-state index in [4.69, 9.17) is 20.0 Å². The summed E-state index contributed by atoms with van der Waals surface area (Å²) in [5.41, 5.74) is 9.62. The molecule has 1 unspecified atom stereocenters. The molecule has 3 aromatic heterocycles. The van der Waals surface area contributed by atoms with E-state index in [1.54, 1.807) is 31.4 Å². The molecule has 4 aromatic rings. The van der Waals surface area contributed by atoms with Crippen LogP contribution in [0.15, 0.2) is 34.9 Å². The van der Waals surface area contributed by atoms with Crippen molar-refractivity contribution in [2.75, 3.05) is 12.8 Å². The Morgan fingerprint density at radius 3 is 2.77 bits per heavy atom. The number of ketones is 1. The van der Waals surface area contributed by atoms with Gasteiger partial charge in [0, 0.05) is 23.2 Å². The Morgan fingerprint density at radius 1 is 1.34 bits per heavy atom. The van der Waals surface area contributed by atoms with Gasteiger partial charge < -0.3 is 20.1 Å². The maximum Gasteiger partial charge on any atom is 0.312 e. The zero-order valence-electron chi connectivity index (χ0n) is 20.3. The topological polar surface area (TPSA) is 118 Å². The van der Waals surface area contributed by atoms with Crippen LogP contribution in [0.25, 0.3) is 15.9 Å². The number of hydrogen-bond acceptors (Lipinski definition) is 8.